The number of carbonyl (C=O) groups excluding carboxylic acids is 1. The van der Waals surface area contributed by atoms with E-state index in [1.807, 2.05) is 32.0 Å². The van der Waals surface area contributed by atoms with Crippen molar-refractivity contribution >= 4 is 34.7 Å². The van der Waals surface area contributed by atoms with Gasteiger partial charge in [0.15, 0.2) is 5.71 Å². The minimum absolute atomic E-state index is 0.00794. The Morgan fingerprint density at radius 2 is 1.64 bits per heavy atom. The number of benzene rings is 3. The van der Waals surface area contributed by atoms with E-state index < -0.39 is 11.9 Å². The number of amides is 1. The fourth-order valence-corrected chi connectivity index (χ4v) is 3.76. The van der Waals surface area contributed by atoms with E-state index in [1.165, 1.54) is 17.1 Å². The smallest absolute Gasteiger partial charge is 0.337 e. The first-order valence-corrected chi connectivity index (χ1v) is 10.2. The summed E-state index contributed by atoms with van der Waals surface area (Å²) in [6, 6.07) is 17.0. The van der Waals surface area contributed by atoms with Gasteiger partial charge in [-0.25, -0.2) is 4.79 Å². The second-order valence-electron chi connectivity index (χ2n) is 7.77. The maximum Gasteiger partial charge on any atom is 0.337 e. The van der Waals surface area contributed by atoms with E-state index in [9.17, 15) is 19.8 Å². The summed E-state index contributed by atoms with van der Waals surface area (Å²) >= 11 is 0. The number of anilines is 2. The number of phenolic OH excluding ortho intramolecular Hbond substituents is 1. The summed E-state index contributed by atoms with van der Waals surface area (Å²) in [5, 5.41) is 29.8. The molecule has 0 bridgehead atoms. The number of nitrogens with zero attached hydrogens (tertiary/aromatic N) is 3. The highest BCUT2D eigenvalue weighted by atomic mass is 16.4. The number of rotatable bonds is 5. The van der Waals surface area contributed by atoms with Crippen LogP contribution in [-0.4, -0.2) is 33.5 Å². The summed E-state index contributed by atoms with van der Waals surface area (Å²) in [5.74, 6) is -1.61. The van der Waals surface area contributed by atoms with Gasteiger partial charge in [-0.1, -0.05) is 36.4 Å². The Kier molecular flexibility index (Phi) is 5.66. The van der Waals surface area contributed by atoms with Crippen molar-refractivity contribution in [3.63, 3.8) is 0 Å². The number of nitrogens with one attached hydrogen (secondary N) is 1. The number of carboxylic acid groups (broad SMARTS) is 1. The number of carboxylic acids is 1. The molecule has 0 saturated carbocycles. The summed E-state index contributed by atoms with van der Waals surface area (Å²) in [6.07, 6.45) is 0. The Morgan fingerprint density at radius 3 is 2.30 bits per heavy atom. The average molecular weight is 442 g/mol. The maximum absolute atomic E-state index is 13.1. The molecule has 8 nitrogen and oxygen atoms in total. The molecule has 4 rings (SSSR count). The van der Waals surface area contributed by atoms with E-state index in [1.54, 1.807) is 37.3 Å². The molecular weight excluding hydrogens is 420 g/mol. The van der Waals surface area contributed by atoms with E-state index in [4.69, 9.17) is 0 Å². The van der Waals surface area contributed by atoms with E-state index >= 15 is 0 Å². The first-order chi connectivity index (χ1) is 15.8. The van der Waals surface area contributed by atoms with Gasteiger partial charge in [0, 0.05) is 11.1 Å². The van der Waals surface area contributed by atoms with Crippen molar-refractivity contribution in [3.05, 3.63) is 77.4 Å². The standard InChI is InChI=1S/C25H22N4O4/c1-14-11-15(2)13-17(12-14)29-24(31)22(16(3)28-29)26-27-23-19(8-6-9-20(23)25(32)33)18-7-4-5-10-21(18)30/h4-13,27,30H,1-3H3,(H,32,33). The van der Waals surface area contributed by atoms with Crippen LogP contribution in [0.4, 0.5) is 11.4 Å². The number of aromatic carboxylic acids is 1. The highest BCUT2D eigenvalue weighted by Crippen LogP contribution is 2.36. The predicted octanol–water partition coefficient (Wildman–Crippen LogP) is 4.56. The summed E-state index contributed by atoms with van der Waals surface area (Å²) in [4.78, 5) is 24.9. The van der Waals surface area contributed by atoms with E-state index in [0.717, 1.165) is 11.1 Å². The minimum atomic E-state index is -1.17. The molecule has 0 atom stereocenters. The number of hydrazone groups is 2. The largest absolute Gasteiger partial charge is 0.507 e. The van der Waals surface area contributed by atoms with Gasteiger partial charge in [-0.15, -0.1) is 0 Å². The molecule has 3 N–H and O–H groups in total. The zero-order chi connectivity index (χ0) is 23.7. The van der Waals surface area contributed by atoms with Crippen molar-refractivity contribution < 1.29 is 19.8 Å². The average Bonchev–Trinajstić information content (AvgIpc) is 3.05. The molecule has 33 heavy (non-hydrogen) atoms. The fraction of sp³-hybridized carbons (Fsp3) is 0.120. The Balaban J connectivity index is 1.74. The van der Waals surface area contributed by atoms with Gasteiger partial charge in [-0.3, -0.25) is 10.2 Å². The Hall–Kier alpha value is -4.46. The molecular formula is C25H22N4O4. The van der Waals surface area contributed by atoms with Crippen LogP contribution in [0.25, 0.3) is 11.1 Å². The van der Waals surface area contributed by atoms with Gasteiger partial charge in [0.25, 0.3) is 0 Å². The summed E-state index contributed by atoms with van der Waals surface area (Å²) < 4.78 is 0. The van der Waals surface area contributed by atoms with Crippen LogP contribution >= 0.6 is 0 Å². The summed E-state index contributed by atoms with van der Waals surface area (Å²) in [5.41, 5.74) is 6.81. The van der Waals surface area contributed by atoms with E-state index in [2.05, 4.69) is 15.6 Å². The van der Waals surface area contributed by atoms with Crippen LogP contribution in [0.1, 0.15) is 28.4 Å². The minimum Gasteiger partial charge on any atom is -0.507 e. The van der Waals surface area contributed by atoms with Crippen LogP contribution in [0.15, 0.2) is 70.9 Å². The molecule has 0 spiro atoms. The first kappa shape index (κ1) is 21.8. The first-order valence-electron chi connectivity index (χ1n) is 10.2. The van der Waals surface area contributed by atoms with Crippen molar-refractivity contribution in [2.45, 2.75) is 20.8 Å². The van der Waals surface area contributed by atoms with Crippen LogP contribution in [0, 0.1) is 13.8 Å². The SMILES string of the molecule is CC1=NN(c2cc(C)cc(C)c2)C(=O)C1=NNc1c(C(=O)O)cccc1-c1ccccc1O. The van der Waals surface area contributed by atoms with Crippen molar-refractivity contribution in [1.82, 2.24) is 0 Å². The normalized spacial score (nSPS) is 14.5. The lowest BCUT2D eigenvalue weighted by molar-refractivity contribution is -0.112. The number of hydrogen-bond donors (Lipinski definition) is 3. The van der Waals surface area contributed by atoms with Crippen LogP contribution in [-0.2, 0) is 4.79 Å². The number of hydrogen-bond acceptors (Lipinski definition) is 6. The van der Waals surface area contributed by atoms with Gasteiger partial charge in [0.05, 0.1) is 22.6 Å². The predicted molar refractivity (Wildman–Crippen MR) is 128 cm³/mol. The highest BCUT2D eigenvalue weighted by Gasteiger charge is 2.31. The molecule has 0 unspecified atom stereocenters. The molecule has 1 heterocycles. The van der Waals surface area contributed by atoms with Crippen molar-refractivity contribution in [2.75, 3.05) is 10.4 Å². The third kappa shape index (κ3) is 4.18. The molecule has 0 aliphatic carbocycles. The molecule has 0 saturated heterocycles. The van der Waals surface area contributed by atoms with Gasteiger partial charge >= 0.3 is 11.9 Å². The number of aromatic hydroxyl groups is 1. The van der Waals surface area contributed by atoms with Gasteiger partial charge in [-0.05, 0) is 56.2 Å². The Bertz CT molecular complexity index is 1320. The van der Waals surface area contributed by atoms with Crippen LogP contribution in [0.5, 0.6) is 5.75 Å². The lowest BCUT2D eigenvalue weighted by atomic mass is 9.99. The molecule has 8 heteroatoms. The van der Waals surface area contributed by atoms with Crippen molar-refractivity contribution in [3.8, 4) is 16.9 Å². The van der Waals surface area contributed by atoms with Crippen LogP contribution < -0.4 is 10.4 Å². The van der Waals surface area contributed by atoms with Gasteiger partial charge in [-0.2, -0.15) is 15.2 Å². The molecule has 0 aromatic heterocycles. The molecule has 3 aromatic carbocycles. The number of aryl methyl sites for hydroxylation is 2. The number of para-hydroxylation sites is 2. The van der Waals surface area contributed by atoms with Gasteiger partial charge in [0.1, 0.15) is 5.75 Å². The molecule has 166 valence electrons. The third-order valence-corrected chi connectivity index (χ3v) is 5.21. The van der Waals surface area contributed by atoms with Crippen LogP contribution in [0.2, 0.25) is 0 Å². The van der Waals surface area contributed by atoms with E-state index in [-0.39, 0.29) is 22.7 Å². The topological polar surface area (TPSA) is 115 Å². The summed E-state index contributed by atoms with van der Waals surface area (Å²) in [6.45, 7) is 5.54. The van der Waals surface area contributed by atoms with Gasteiger partial charge < -0.3 is 10.2 Å². The zero-order valence-electron chi connectivity index (χ0n) is 18.3. The van der Waals surface area contributed by atoms with Crippen molar-refractivity contribution in [2.24, 2.45) is 10.2 Å². The number of phenols is 1. The quantitative estimate of drug-likeness (QED) is 0.501. The van der Waals surface area contributed by atoms with E-state index in [0.29, 0.717) is 22.5 Å². The molecule has 3 aromatic rings. The van der Waals surface area contributed by atoms with Crippen LogP contribution in [0.3, 0.4) is 0 Å². The monoisotopic (exact) mass is 442 g/mol. The molecule has 1 amide bonds. The highest BCUT2D eigenvalue weighted by molar-refractivity contribution is 6.71. The molecule has 1 aliphatic heterocycles. The summed E-state index contributed by atoms with van der Waals surface area (Å²) in [7, 11) is 0. The maximum atomic E-state index is 13.1. The number of carbonyl (C=O) groups is 2. The fourth-order valence-electron chi connectivity index (χ4n) is 3.76. The van der Waals surface area contributed by atoms with Crippen molar-refractivity contribution in [1.29, 1.82) is 0 Å². The van der Waals surface area contributed by atoms with Gasteiger partial charge in [0.2, 0.25) is 0 Å². The second-order valence-corrected chi connectivity index (χ2v) is 7.77. The molecule has 0 radical (unpaired) electrons. The lowest BCUT2D eigenvalue weighted by Gasteiger charge is -2.14. The zero-order valence-corrected chi connectivity index (χ0v) is 18.3. The molecule has 0 fully saturated rings. The Labute approximate surface area is 190 Å². The Morgan fingerprint density at radius 1 is 0.970 bits per heavy atom. The molecule has 1 aliphatic rings. The lowest BCUT2D eigenvalue weighted by Crippen LogP contribution is -2.28. The third-order valence-electron chi connectivity index (χ3n) is 5.21. The second kappa shape index (κ2) is 8.58.